The van der Waals surface area contributed by atoms with Gasteiger partial charge in [-0.1, -0.05) is 63.0 Å². The summed E-state index contributed by atoms with van der Waals surface area (Å²) < 4.78 is 1.11. The van der Waals surface area contributed by atoms with Gasteiger partial charge in [-0.15, -0.1) is 0 Å². The fourth-order valence-electron chi connectivity index (χ4n) is 2.59. The Labute approximate surface area is 145 Å². The molecule has 1 unspecified atom stereocenters. The van der Waals surface area contributed by atoms with Gasteiger partial charge in [-0.3, -0.25) is 0 Å². The van der Waals surface area contributed by atoms with Crippen molar-refractivity contribution in [1.82, 2.24) is 0 Å². The van der Waals surface area contributed by atoms with Gasteiger partial charge in [-0.2, -0.15) is 0 Å². The number of allylic oxidation sites excluding steroid dienone is 1. The molecule has 0 heterocycles. The monoisotopic (exact) mass is 396 g/mol. The SMILES string of the molecule is CC1(C)C=C(S(=S)c2ccc(Cl)cc2)c2ccc(Br)cc21. The normalized spacial score (nSPS) is 17.2. The Hall–Kier alpha value is -0.480. The Morgan fingerprint density at radius 3 is 2.43 bits per heavy atom. The first-order chi connectivity index (χ1) is 9.88. The molecule has 0 saturated carbocycles. The van der Waals surface area contributed by atoms with Gasteiger partial charge in [0.05, 0.1) is 0 Å². The van der Waals surface area contributed by atoms with Crippen LogP contribution < -0.4 is 0 Å². The number of fused-ring (bicyclic) bond motifs is 1. The van der Waals surface area contributed by atoms with Crippen molar-refractivity contribution in [3.8, 4) is 0 Å². The molecule has 0 spiro atoms. The van der Waals surface area contributed by atoms with Crippen LogP contribution in [-0.4, -0.2) is 0 Å². The molecule has 0 radical (unpaired) electrons. The van der Waals surface area contributed by atoms with Crippen LogP contribution in [0, 0.1) is 0 Å². The minimum Gasteiger partial charge on any atom is -0.0843 e. The third kappa shape index (κ3) is 2.89. The van der Waals surface area contributed by atoms with Crippen molar-refractivity contribution in [3.05, 3.63) is 69.2 Å². The van der Waals surface area contributed by atoms with Crippen LogP contribution in [0.1, 0.15) is 25.0 Å². The van der Waals surface area contributed by atoms with E-state index in [2.05, 4.69) is 54.1 Å². The summed E-state index contributed by atoms with van der Waals surface area (Å²) in [5, 5.41) is 0.746. The topological polar surface area (TPSA) is 0 Å². The van der Waals surface area contributed by atoms with Gasteiger partial charge in [0.15, 0.2) is 0 Å². The van der Waals surface area contributed by atoms with Crippen LogP contribution in [0.15, 0.2) is 57.9 Å². The van der Waals surface area contributed by atoms with Gasteiger partial charge < -0.3 is 0 Å². The summed E-state index contributed by atoms with van der Waals surface area (Å²) in [6.45, 7) is 4.47. The zero-order valence-electron chi connectivity index (χ0n) is 11.7. The van der Waals surface area contributed by atoms with Gasteiger partial charge in [0, 0.05) is 24.7 Å². The van der Waals surface area contributed by atoms with Gasteiger partial charge in [0.2, 0.25) is 0 Å². The van der Waals surface area contributed by atoms with Crippen LogP contribution in [0.4, 0.5) is 0 Å². The van der Waals surface area contributed by atoms with Gasteiger partial charge in [-0.05, 0) is 58.7 Å². The Morgan fingerprint density at radius 2 is 1.76 bits per heavy atom. The second-order valence-electron chi connectivity index (χ2n) is 5.64. The van der Waals surface area contributed by atoms with Gasteiger partial charge in [-0.25, -0.2) is 0 Å². The van der Waals surface area contributed by atoms with Crippen molar-refractivity contribution in [3.63, 3.8) is 0 Å². The second kappa shape index (κ2) is 5.62. The summed E-state index contributed by atoms with van der Waals surface area (Å²) in [5.74, 6) is 0. The summed E-state index contributed by atoms with van der Waals surface area (Å²) in [4.78, 5) is 2.40. The Morgan fingerprint density at radius 1 is 1.10 bits per heavy atom. The van der Waals surface area contributed by atoms with E-state index in [1.165, 1.54) is 16.0 Å². The quantitative estimate of drug-likeness (QED) is 0.610. The summed E-state index contributed by atoms with van der Waals surface area (Å²) in [7, 11) is -0.361. The Kier molecular flexibility index (Phi) is 4.12. The van der Waals surface area contributed by atoms with Crippen molar-refractivity contribution >= 4 is 53.1 Å². The molecule has 1 aliphatic rings. The third-order valence-corrected chi connectivity index (χ3v) is 6.96. The second-order valence-corrected chi connectivity index (χ2v) is 9.44. The Bertz CT molecular complexity index is 761. The van der Waals surface area contributed by atoms with E-state index in [1.54, 1.807) is 0 Å². The van der Waals surface area contributed by atoms with E-state index in [4.69, 9.17) is 22.8 Å². The highest BCUT2D eigenvalue weighted by Crippen LogP contribution is 2.44. The average Bonchev–Trinajstić information content (AvgIpc) is 2.71. The molecule has 3 rings (SSSR count). The van der Waals surface area contributed by atoms with Crippen molar-refractivity contribution in [2.75, 3.05) is 0 Å². The summed E-state index contributed by atoms with van der Waals surface area (Å²) in [5.41, 5.74) is 2.63. The molecule has 0 aliphatic heterocycles. The molecule has 2 aromatic rings. The highest BCUT2D eigenvalue weighted by Gasteiger charge is 2.31. The molecule has 108 valence electrons. The highest BCUT2D eigenvalue weighted by molar-refractivity contribution is 9.10. The lowest BCUT2D eigenvalue weighted by atomic mass is 9.87. The van der Waals surface area contributed by atoms with Crippen molar-refractivity contribution in [2.24, 2.45) is 0 Å². The summed E-state index contributed by atoms with van der Waals surface area (Å²) in [6.07, 6.45) is 2.31. The third-order valence-electron chi connectivity index (χ3n) is 3.66. The van der Waals surface area contributed by atoms with Crippen molar-refractivity contribution in [1.29, 1.82) is 0 Å². The standard InChI is InChI=1S/C17H14BrClS2/c1-17(2)10-16(14-8-3-11(18)9-15(14)17)21(20)13-6-4-12(19)5-7-13/h3-10H,1-2H3. The van der Waals surface area contributed by atoms with Crippen molar-refractivity contribution in [2.45, 2.75) is 24.2 Å². The van der Waals surface area contributed by atoms with Crippen LogP contribution in [0.5, 0.6) is 0 Å². The molecule has 1 aliphatic carbocycles. The maximum Gasteiger partial charge on any atom is 0.0406 e. The maximum atomic E-state index is 5.97. The van der Waals surface area contributed by atoms with E-state index in [0.717, 1.165) is 14.4 Å². The van der Waals surface area contributed by atoms with Crippen LogP contribution in [0.2, 0.25) is 5.02 Å². The fraction of sp³-hybridized carbons (Fsp3) is 0.176. The van der Waals surface area contributed by atoms with E-state index < -0.39 is 0 Å². The first kappa shape index (κ1) is 15.4. The molecule has 0 N–H and O–H groups in total. The Balaban J connectivity index is 2.08. The fourth-order valence-corrected chi connectivity index (χ4v) is 5.24. The number of hydrogen-bond acceptors (Lipinski definition) is 1. The van der Waals surface area contributed by atoms with E-state index in [-0.39, 0.29) is 14.9 Å². The zero-order chi connectivity index (χ0) is 15.2. The van der Waals surface area contributed by atoms with Crippen LogP contribution >= 0.6 is 27.5 Å². The maximum absolute atomic E-state index is 5.97. The summed E-state index contributed by atoms with van der Waals surface area (Å²) in [6, 6.07) is 14.3. The first-order valence-electron chi connectivity index (χ1n) is 6.59. The lowest BCUT2D eigenvalue weighted by Crippen LogP contribution is -2.10. The smallest absolute Gasteiger partial charge is 0.0406 e. The average molecular weight is 398 g/mol. The molecular formula is C17H14BrClS2. The summed E-state index contributed by atoms with van der Waals surface area (Å²) >= 11 is 15.4. The predicted octanol–water partition coefficient (Wildman–Crippen LogP) is 5.87. The zero-order valence-corrected chi connectivity index (χ0v) is 15.7. The van der Waals surface area contributed by atoms with E-state index in [0.29, 0.717) is 0 Å². The molecule has 21 heavy (non-hydrogen) atoms. The molecule has 2 aromatic carbocycles. The lowest BCUT2D eigenvalue weighted by Gasteiger charge is -2.17. The van der Waals surface area contributed by atoms with Gasteiger partial charge in [0.25, 0.3) is 0 Å². The molecule has 1 atom stereocenters. The van der Waals surface area contributed by atoms with E-state index >= 15 is 0 Å². The number of rotatable bonds is 2. The number of benzene rings is 2. The van der Waals surface area contributed by atoms with E-state index in [9.17, 15) is 0 Å². The molecule has 0 fully saturated rings. The largest absolute Gasteiger partial charge is 0.0843 e. The number of hydrogen-bond donors (Lipinski definition) is 0. The first-order valence-corrected chi connectivity index (χ1v) is 9.91. The van der Waals surface area contributed by atoms with Crippen LogP contribution in [0.3, 0.4) is 0 Å². The number of halogens is 2. The molecule has 4 heteroatoms. The van der Waals surface area contributed by atoms with Crippen LogP contribution in [0.25, 0.3) is 4.91 Å². The molecule has 0 bridgehead atoms. The molecule has 0 saturated heterocycles. The minimum atomic E-state index is -0.361. The van der Waals surface area contributed by atoms with Crippen molar-refractivity contribution < 1.29 is 0 Å². The van der Waals surface area contributed by atoms with E-state index in [1.807, 2.05) is 24.3 Å². The molecular weight excluding hydrogens is 384 g/mol. The molecule has 0 nitrogen and oxygen atoms in total. The molecule has 0 amide bonds. The highest BCUT2D eigenvalue weighted by atomic mass is 79.9. The minimum absolute atomic E-state index is 0.0188. The van der Waals surface area contributed by atoms with Gasteiger partial charge >= 0.3 is 0 Å². The lowest BCUT2D eigenvalue weighted by molar-refractivity contribution is 0.683. The molecule has 0 aromatic heterocycles. The van der Waals surface area contributed by atoms with Crippen LogP contribution in [-0.2, 0) is 26.1 Å². The van der Waals surface area contributed by atoms with Gasteiger partial charge in [0.1, 0.15) is 0 Å². The predicted molar refractivity (Wildman–Crippen MR) is 99.6 cm³/mol.